The average Bonchev–Trinajstić information content (AvgIpc) is 2.39. The molecule has 0 radical (unpaired) electrons. The maximum absolute atomic E-state index is 11.0. The van der Waals surface area contributed by atoms with E-state index in [1.54, 1.807) is 0 Å². The van der Waals surface area contributed by atoms with Gasteiger partial charge in [-0.2, -0.15) is 0 Å². The summed E-state index contributed by atoms with van der Waals surface area (Å²) in [6.07, 6.45) is 3.90. The Morgan fingerprint density at radius 2 is 1.90 bits per heavy atom. The minimum atomic E-state index is -0.672. The predicted molar refractivity (Wildman–Crippen MR) is 82.9 cm³/mol. The molecular formula is C18H28O2. The van der Waals surface area contributed by atoms with Crippen LogP contribution >= 0.6 is 0 Å². The van der Waals surface area contributed by atoms with Crippen LogP contribution in [0.2, 0.25) is 0 Å². The van der Waals surface area contributed by atoms with Crippen LogP contribution in [-0.4, -0.2) is 11.7 Å². The lowest BCUT2D eigenvalue weighted by Gasteiger charge is -2.41. The van der Waals surface area contributed by atoms with Crippen LogP contribution < -0.4 is 4.74 Å². The van der Waals surface area contributed by atoms with Crippen molar-refractivity contribution >= 4 is 0 Å². The molecule has 1 fully saturated rings. The van der Waals surface area contributed by atoms with Gasteiger partial charge < -0.3 is 9.84 Å². The van der Waals surface area contributed by atoms with Crippen molar-refractivity contribution in [1.29, 1.82) is 0 Å². The van der Waals surface area contributed by atoms with Crippen LogP contribution in [-0.2, 0) is 5.60 Å². The molecule has 0 unspecified atom stereocenters. The van der Waals surface area contributed by atoms with Crippen molar-refractivity contribution in [3.8, 4) is 5.75 Å². The first-order valence-corrected chi connectivity index (χ1v) is 7.81. The quantitative estimate of drug-likeness (QED) is 0.880. The third-order valence-electron chi connectivity index (χ3n) is 4.72. The molecule has 0 bridgehead atoms. The number of rotatable bonds is 3. The van der Waals surface area contributed by atoms with Crippen molar-refractivity contribution < 1.29 is 9.84 Å². The highest BCUT2D eigenvalue weighted by atomic mass is 16.5. The van der Waals surface area contributed by atoms with Gasteiger partial charge in [0, 0.05) is 0 Å². The molecule has 1 aliphatic rings. The second kappa shape index (κ2) is 5.77. The van der Waals surface area contributed by atoms with Gasteiger partial charge in [-0.25, -0.2) is 0 Å². The van der Waals surface area contributed by atoms with Gasteiger partial charge in [-0.15, -0.1) is 0 Å². The molecule has 0 saturated heterocycles. The molecule has 1 aliphatic carbocycles. The van der Waals surface area contributed by atoms with Crippen LogP contribution in [0.1, 0.15) is 58.9 Å². The highest BCUT2D eigenvalue weighted by Gasteiger charge is 2.38. The first-order valence-electron chi connectivity index (χ1n) is 7.81. The summed E-state index contributed by atoms with van der Waals surface area (Å²) in [6, 6.07) is 7.96. The zero-order valence-corrected chi connectivity index (χ0v) is 13.3. The Balaban J connectivity index is 2.11. The molecule has 2 rings (SSSR count). The molecular weight excluding hydrogens is 248 g/mol. The Morgan fingerprint density at radius 3 is 2.45 bits per heavy atom. The molecule has 0 amide bonds. The van der Waals surface area contributed by atoms with Gasteiger partial charge >= 0.3 is 0 Å². The molecule has 1 N–H and O–H groups in total. The van der Waals surface area contributed by atoms with Crippen LogP contribution in [0.15, 0.2) is 24.3 Å². The van der Waals surface area contributed by atoms with E-state index in [2.05, 4.69) is 20.8 Å². The van der Waals surface area contributed by atoms with E-state index < -0.39 is 5.60 Å². The molecule has 2 heteroatoms. The first kappa shape index (κ1) is 15.4. The van der Waals surface area contributed by atoms with E-state index in [1.165, 1.54) is 0 Å². The minimum absolute atomic E-state index is 0.342. The van der Waals surface area contributed by atoms with E-state index >= 15 is 0 Å². The Morgan fingerprint density at radius 1 is 1.25 bits per heavy atom. The smallest absolute Gasteiger partial charge is 0.119 e. The zero-order chi connectivity index (χ0) is 14.8. The van der Waals surface area contributed by atoms with E-state index in [-0.39, 0.29) is 0 Å². The van der Waals surface area contributed by atoms with E-state index in [0.717, 1.165) is 37.0 Å². The fourth-order valence-corrected chi connectivity index (χ4v) is 3.29. The lowest BCUT2D eigenvalue weighted by atomic mass is 9.67. The van der Waals surface area contributed by atoms with Crippen molar-refractivity contribution in [3.63, 3.8) is 0 Å². The second-order valence-corrected chi connectivity index (χ2v) is 7.13. The van der Waals surface area contributed by atoms with Gasteiger partial charge in [0.05, 0.1) is 12.2 Å². The fraction of sp³-hybridized carbons (Fsp3) is 0.667. The number of aliphatic hydroxyl groups is 1. The fourth-order valence-electron chi connectivity index (χ4n) is 3.29. The van der Waals surface area contributed by atoms with Gasteiger partial charge in [-0.05, 0) is 61.6 Å². The van der Waals surface area contributed by atoms with Gasteiger partial charge in [0.2, 0.25) is 0 Å². The second-order valence-electron chi connectivity index (χ2n) is 7.13. The summed E-state index contributed by atoms with van der Waals surface area (Å²) < 4.78 is 5.55. The monoisotopic (exact) mass is 276 g/mol. The van der Waals surface area contributed by atoms with Gasteiger partial charge in [0.25, 0.3) is 0 Å². The molecule has 20 heavy (non-hydrogen) atoms. The Bertz CT molecular complexity index is 437. The SMILES string of the molecule is CCOc1cccc(C2(O)CCC(C(C)(C)C)CC2)c1. The van der Waals surface area contributed by atoms with Crippen LogP contribution in [0.25, 0.3) is 0 Å². The normalized spacial score (nSPS) is 27.4. The van der Waals surface area contributed by atoms with Gasteiger partial charge in [0.15, 0.2) is 0 Å². The van der Waals surface area contributed by atoms with Crippen LogP contribution in [0.3, 0.4) is 0 Å². The average molecular weight is 276 g/mol. The number of benzene rings is 1. The van der Waals surface area contributed by atoms with E-state index in [9.17, 15) is 5.11 Å². The summed E-state index contributed by atoms with van der Waals surface area (Å²) in [5, 5.41) is 11.0. The van der Waals surface area contributed by atoms with Crippen molar-refractivity contribution in [3.05, 3.63) is 29.8 Å². The van der Waals surface area contributed by atoms with Crippen molar-refractivity contribution in [1.82, 2.24) is 0 Å². The molecule has 0 aromatic heterocycles. The van der Waals surface area contributed by atoms with Crippen LogP contribution in [0, 0.1) is 11.3 Å². The van der Waals surface area contributed by atoms with Gasteiger partial charge in [0.1, 0.15) is 5.75 Å². The Kier molecular flexibility index (Phi) is 4.43. The predicted octanol–water partition coefficient (Wildman–Crippen LogP) is 4.51. The molecule has 0 aliphatic heterocycles. The molecule has 0 heterocycles. The molecule has 1 saturated carbocycles. The summed E-state index contributed by atoms with van der Waals surface area (Å²) in [6.45, 7) is 9.55. The Labute approximate surface area is 123 Å². The zero-order valence-electron chi connectivity index (χ0n) is 13.3. The summed E-state index contributed by atoms with van der Waals surface area (Å²) >= 11 is 0. The summed E-state index contributed by atoms with van der Waals surface area (Å²) in [4.78, 5) is 0. The molecule has 112 valence electrons. The highest BCUT2D eigenvalue weighted by Crippen LogP contribution is 2.45. The van der Waals surface area contributed by atoms with Gasteiger partial charge in [-0.3, -0.25) is 0 Å². The molecule has 0 atom stereocenters. The van der Waals surface area contributed by atoms with Crippen molar-refractivity contribution in [2.24, 2.45) is 11.3 Å². The van der Waals surface area contributed by atoms with E-state index in [1.807, 2.05) is 31.2 Å². The standard InChI is InChI=1S/C18H28O2/c1-5-20-16-8-6-7-15(13-16)18(19)11-9-14(10-12-18)17(2,3)4/h6-8,13-14,19H,5,9-12H2,1-4H3. The number of ether oxygens (including phenoxy) is 1. The minimum Gasteiger partial charge on any atom is -0.494 e. The topological polar surface area (TPSA) is 29.5 Å². The van der Waals surface area contributed by atoms with Gasteiger partial charge in [-0.1, -0.05) is 32.9 Å². The van der Waals surface area contributed by atoms with E-state index in [0.29, 0.717) is 17.9 Å². The van der Waals surface area contributed by atoms with Crippen molar-refractivity contribution in [2.75, 3.05) is 6.61 Å². The highest BCUT2D eigenvalue weighted by molar-refractivity contribution is 5.32. The maximum atomic E-state index is 11.0. The number of hydrogen-bond donors (Lipinski definition) is 1. The largest absolute Gasteiger partial charge is 0.494 e. The summed E-state index contributed by atoms with van der Waals surface area (Å²) in [7, 11) is 0. The molecule has 0 spiro atoms. The third-order valence-corrected chi connectivity index (χ3v) is 4.72. The van der Waals surface area contributed by atoms with E-state index in [4.69, 9.17) is 4.74 Å². The first-order chi connectivity index (χ1) is 9.35. The lowest BCUT2D eigenvalue weighted by molar-refractivity contribution is -0.0299. The molecule has 2 nitrogen and oxygen atoms in total. The Hall–Kier alpha value is -1.02. The number of hydrogen-bond acceptors (Lipinski definition) is 2. The molecule has 1 aromatic carbocycles. The van der Waals surface area contributed by atoms with Crippen LogP contribution in [0.4, 0.5) is 0 Å². The summed E-state index contributed by atoms with van der Waals surface area (Å²) in [5.41, 5.74) is 0.680. The lowest BCUT2D eigenvalue weighted by Crippen LogP contribution is -2.35. The van der Waals surface area contributed by atoms with Crippen molar-refractivity contribution in [2.45, 2.75) is 59.0 Å². The maximum Gasteiger partial charge on any atom is 0.119 e. The van der Waals surface area contributed by atoms with Crippen LogP contribution in [0.5, 0.6) is 5.75 Å². The summed E-state index contributed by atoms with van der Waals surface area (Å²) in [5.74, 6) is 1.56. The third kappa shape index (κ3) is 3.35. The molecule has 1 aromatic rings.